The Kier molecular flexibility index (Phi) is 5.77. The lowest BCUT2D eigenvalue weighted by Gasteiger charge is -2.37. The van der Waals surface area contributed by atoms with Gasteiger partial charge in [-0.15, -0.1) is 0 Å². The molecule has 1 heterocycles. The Labute approximate surface area is 145 Å². The van der Waals surface area contributed by atoms with E-state index in [2.05, 4.69) is 31.4 Å². The molecule has 2 fully saturated rings. The molecule has 2 atom stereocenters. The summed E-state index contributed by atoms with van der Waals surface area (Å²) in [6, 6.07) is 10.8. The topological polar surface area (TPSA) is 41.6 Å². The molecule has 0 aromatic heterocycles. The van der Waals surface area contributed by atoms with Gasteiger partial charge in [0.25, 0.3) is 0 Å². The van der Waals surface area contributed by atoms with Gasteiger partial charge in [0.15, 0.2) is 0 Å². The summed E-state index contributed by atoms with van der Waals surface area (Å²) < 4.78 is 5.34. The molecule has 1 N–H and O–H groups in total. The molecular weight excluding hydrogens is 300 g/mol. The van der Waals surface area contributed by atoms with Crippen LogP contribution in [0.1, 0.15) is 51.5 Å². The molecule has 0 bridgehead atoms. The van der Waals surface area contributed by atoms with Crippen LogP contribution in [-0.4, -0.2) is 29.8 Å². The van der Waals surface area contributed by atoms with Gasteiger partial charge in [-0.1, -0.05) is 63.4 Å². The van der Waals surface area contributed by atoms with Crippen molar-refractivity contribution < 1.29 is 9.53 Å². The number of hydrogen-bond donors (Lipinski definition) is 1. The zero-order valence-electron chi connectivity index (χ0n) is 14.9. The number of benzene rings is 1. The summed E-state index contributed by atoms with van der Waals surface area (Å²) >= 11 is 0. The lowest BCUT2D eigenvalue weighted by molar-refractivity contribution is 0.0953. The maximum Gasteiger partial charge on any atom is 0.424 e. The summed E-state index contributed by atoms with van der Waals surface area (Å²) in [5, 5.41) is 1.77. The molecule has 1 aliphatic carbocycles. The van der Waals surface area contributed by atoms with Gasteiger partial charge in [0.2, 0.25) is 0 Å². The van der Waals surface area contributed by atoms with Crippen LogP contribution in [0.2, 0.25) is 0 Å². The van der Waals surface area contributed by atoms with Crippen LogP contribution >= 0.6 is 0 Å². The average molecular weight is 330 g/mol. The van der Waals surface area contributed by atoms with E-state index in [0.717, 1.165) is 6.42 Å². The molecule has 1 aromatic rings. The van der Waals surface area contributed by atoms with Crippen LogP contribution in [0.4, 0.5) is 4.79 Å². The van der Waals surface area contributed by atoms with Gasteiger partial charge < -0.3 is 4.74 Å². The first-order valence-electron chi connectivity index (χ1n) is 9.41. The highest BCUT2D eigenvalue weighted by Gasteiger charge is 2.37. The first-order valence-corrected chi connectivity index (χ1v) is 9.41. The predicted molar refractivity (Wildman–Crippen MR) is 95.5 cm³/mol. The molecule has 3 rings (SSSR count). The van der Waals surface area contributed by atoms with Crippen LogP contribution in [0.5, 0.6) is 0 Å². The Bertz CT molecular complexity index is 526. The largest absolute Gasteiger partial charge is 0.446 e. The van der Waals surface area contributed by atoms with E-state index in [1.165, 1.54) is 37.7 Å². The number of cyclic esters (lactones) is 1. The third kappa shape index (κ3) is 4.10. The van der Waals surface area contributed by atoms with Crippen LogP contribution in [-0.2, 0) is 11.2 Å². The Hall–Kier alpha value is -1.55. The van der Waals surface area contributed by atoms with Crippen LogP contribution in [0.25, 0.3) is 0 Å². The van der Waals surface area contributed by atoms with E-state index in [9.17, 15) is 4.79 Å². The Morgan fingerprint density at radius 1 is 1.17 bits per heavy atom. The van der Waals surface area contributed by atoms with E-state index in [1.807, 2.05) is 18.2 Å². The molecule has 1 saturated heterocycles. The predicted octanol–water partition coefficient (Wildman–Crippen LogP) is 4.16. The summed E-state index contributed by atoms with van der Waals surface area (Å²) in [5.74, 6) is 1.16. The second-order valence-corrected chi connectivity index (χ2v) is 7.59. The van der Waals surface area contributed by atoms with Crippen molar-refractivity contribution in [1.82, 2.24) is 10.4 Å². The SMILES string of the molecule is CC(C)[C@H](NN1C(=O)OC[C@@H]1Cc1ccccc1)C1CCCCC1. The Balaban J connectivity index is 1.68. The number of carbonyl (C=O) groups excluding carboxylic acids is 1. The van der Waals surface area contributed by atoms with Crippen molar-refractivity contribution in [2.75, 3.05) is 6.61 Å². The lowest BCUT2D eigenvalue weighted by atomic mass is 9.80. The third-order valence-corrected chi connectivity index (χ3v) is 5.44. The highest BCUT2D eigenvalue weighted by molar-refractivity contribution is 5.69. The van der Waals surface area contributed by atoms with E-state index in [-0.39, 0.29) is 12.1 Å². The molecule has 24 heavy (non-hydrogen) atoms. The Morgan fingerprint density at radius 3 is 2.54 bits per heavy atom. The smallest absolute Gasteiger partial charge is 0.424 e. The van der Waals surface area contributed by atoms with Gasteiger partial charge in [-0.25, -0.2) is 15.2 Å². The summed E-state index contributed by atoms with van der Waals surface area (Å²) in [6.45, 7) is 4.97. The minimum Gasteiger partial charge on any atom is -0.446 e. The number of rotatable bonds is 6. The normalized spacial score (nSPS) is 23.5. The number of amides is 1. The molecule has 1 amide bonds. The van der Waals surface area contributed by atoms with Crippen LogP contribution < -0.4 is 5.43 Å². The lowest BCUT2D eigenvalue weighted by Crippen LogP contribution is -2.54. The van der Waals surface area contributed by atoms with E-state index in [0.29, 0.717) is 24.5 Å². The molecule has 4 heteroatoms. The summed E-state index contributed by atoms with van der Waals surface area (Å²) in [5.41, 5.74) is 4.81. The summed E-state index contributed by atoms with van der Waals surface area (Å²) in [6.07, 6.45) is 7.11. The van der Waals surface area contributed by atoms with E-state index in [4.69, 9.17) is 4.74 Å². The van der Waals surface area contributed by atoms with Crippen molar-refractivity contribution in [2.45, 2.75) is 64.5 Å². The molecule has 2 aliphatic rings. The highest BCUT2D eigenvalue weighted by Crippen LogP contribution is 2.30. The second kappa shape index (κ2) is 8.02. The van der Waals surface area contributed by atoms with E-state index < -0.39 is 0 Å². The Morgan fingerprint density at radius 2 is 1.88 bits per heavy atom. The minimum atomic E-state index is -0.225. The molecule has 0 spiro atoms. The van der Waals surface area contributed by atoms with Crippen molar-refractivity contribution in [3.63, 3.8) is 0 Å². The fourth-order valence-corrected chi connectivity index (χ4v) is 4.11. The molecule has 4 nitrogen and oxygen atoms in total. The van der Waals surface area contributed by atoms with Crippen molar-refractivity contribution in [2.24, 2.45) is 11.8 Å². The van der Waals surface area contributed by atoms with Gasteiger partial charge in [-0.3, -0.25) is 0 Å². The van der Waals surface area contributed by atoms with Crippen LogP contribution in [0.3, 0.4) is 0 Å². The number of ether oxygens (including phenoxy) is 1. The number of hydrogen-bond acceptors (Lipinski definition) is 3. The number of carbonyl (C=O) groups is 1. The maximum absolute atomic E-state index is 12.3. The van der Waals surface area contributed by atoms with Crippen molar-refractivity contribution in [1.29, 1.82) is 0 Å². The van der Waals surface area contributed by atoms with Crippen LogP contribution in [0.15, 0.2) is 30.3 Å². The first-order chi connectivity index (χ1) is 11.6. The van der Waals surface area contributed by atoms with Gasteiger partial charge in [0.1, 0.15) is 6.61 Å². The van der Waals surface area contributed by atoms with Crippen molar-refractivity contribution in [3.8, 4) is 0 Å². The van der Waals surface area contributed by atoms with Gasteiger partial charge in [-0.05, 0) is 36.7 Å². The number of nitrogens with zero attached hydrogens (tertiary/aromatic N) is 1. The zero-order chi connectivity index (χ0) is 16.9. The highest BCUT2D eigenvalue weighted by atomic mass is 16.6. The summed E-state index contributed by atoms with van der Waals surface area (Å²) in [7, 11) is 0. The molecule has 0 unspecified atom stereocenters. The zero-order valence-corrected chi connectivity index (χ0v) is 14.9. The van der Waals surface area contributed by atoms with Crippen LogP contribution in [0, 0.1) is 11.8 Å². The second-order valence-electron chi connectivity index (χ2n) is 7.59. The maximum atomic E-state index is 12.3. The quantitative estimate of drug-likeness (QED) is 0.851. The monoisotopic (exact) mass is 330 g/mol. The molecule has 132 valence electrons. The van der Waals surface area contributed by atoms with E-state index in [1.54, 1.807) is 5.01 Å². The molecule has 0 radical (unpaired) electrons. The standard InChI is InChI=1S/C20H30N2O2/c1-15(2)19(17-11-7-4-8-12-17)21-22-18(14-24-20(22)23)13-16-9-5-3-6-10-16/h3,5-6,9-10,15,17-19,21H,4,7-8,11-14H2,1-2H3/t18-,19-/m0/s1. The average Bonchev–Trinajstić information content (AvgIpc) is 2.94. The fraction of sp³-hybridized carbons (Fsp3) is 0.650. The van der Waals surface area contributed by atoms with Gasteiger partial charge in [-0.2, -0.15) is 0 Å². The number of hydrazine groups is 1. The summed E-state index contributed by atoms with van der Waals surface area (Å²) in [4.78, 5) is 12.3. The van der Waals surface area contributed by atoms with Gasteiger partial charge in [0.05, 0.1) is 6.04 Å². The molecule has 1 saturated carbocycles. The third-order valence-electron chi connectivity index (χ3n) is 5.44. The fourth-order valence-electron chi connectivity index (χ4n) is 4.11. The van der Waals surface area contributed by atoms with Crippen molar-refractivity contribution >= 4 is 6.09 Å². The minimum absolute atomic E-state index is 0.0738. The van der Waals surface area contributed by atoms with Gasteiger partial charge >= 0.3 is 6.09 Å². The number of nitrogens with one attached hydrogen (secondary N) is 1. The van der Waals surface area contributed by atoms with Crippen molar-refractivity contribution in [3.05, 3.63) is 35.9 Å². The first kappa shape index (κ1) is 17.3. The van der Waals surface area contributed by atoms with E-state index >= 15 is 0 Å². The van der Waals surface area contributed by atoms with Gasteiger partial charge in [0, 0.05) is 6.04 Å². The molecule has 1 aliphatic heterocycles. The molecular formula is C20H30N2O2. The molecule has 1 aromatic carbocycles.